The number of nitrogens with zero attached hydrogens (tertiary/aromatic N) is 2. The summed E-state index contributed by atoms with van der Waals surface area (Å²) in [4.78, 5) is 4.50. The van der Waals surface area contributed by atoms with Gasteiger partial charge in [0.2, 0.25) is 5.82 Å². The molecule has 0 bridgehead atoms. The third-order valence-electron chi connectivity index (χ3n) is 3.85. The lowest BCUT2D eigenvalue weighted by atomic mass is 10.0. The molecule has 1 aromatic carbocycles. The zero-order valence-electron chi connectivity index (χ0n) is 12.7. The van der Waals surface area contributed by atoms with E-state index in [-0.39, 0.29) is 6.10 Å². The highest BCUT2D eigenvalue weighted by molar-refractivity contribution is 5.63. The van der Waals surface area contributed by atoms with Crippen LogP contribution in [0.2, 0.25) is 0 Å². The normalized spacial score (nSPS) is 15.6. The molecule has 1 unspecified atom stereocenters. The van der Waals surface area contributed by atoms with Gasteiger partial charge in [-0.2, -0.15) is 4.98 Å². The highest BCUT2D eigenvalue weighted by Crippen LogP contribution is 2.29. The highest BCUT2D eigenvalue weighted by atomic mass is 16.5. The molecule has 21 heavy (non-hydrogen) atoms. The van der Waals surface area contributed by atoms with E-state index >= 15 is 0 Å². The van der Waals surface area contributed by atoms with Gasteiger partial charge in [-0.05, 0) is 42.5 Å². The van der Waals surface area contributed by atoms with Crippen molar-refractivity contribution in [1.29, 1.82) is 0 Å². The first-order valence-electron chi connectivity index (χ1n) is 7.42. The molecule has 3 rings (SSSR count). The zero-order chi connectivity index (χ0) is 14.8. The monoisotopic (exact) mass is 287 g/mol. The van der Waals surface area contributed by atoms with Crippen LogP contribution in [0.1, 0.15) is 37.8 Å². The Hall–Kier alpha value is -1.88. The van der Waals surface area contributed by atoms with E-state index in [2.05, 4.69) is 41.4 Å². The lowest BCUT2D eigenvalue weighted by molar-refractivity contribution is 0.0556. The Kier molecular flexibility index (Phi) is 3.92. The molecule has 1 aliphatic heterocycles. The third kappa shape index (κ3) is 2.78. The molecule has 0 fully saturated rings. The zero-order valence-corrected chi connectivity index (χ0v) is 12.7. The molecule has 1 aliphatic rings. The largest absolute Gasteiger partial charge is 0.385 e. The van der Waals surface area contributed by atoms with Crippen LogP contribution in [0.5, 0.6) is 0 Å². The number of nitrogens with one attached hydrogen (secondary N) is 1. The van der Waals surface area contributed by atoms with Crippen molar-refractivity contribution in [3.63, 3.8) is 0 Å². The first-order chi connectivity index (χ1) is 10.2. The Morgan fingerprint density at radius 1 is 1.33 bits per heavy atom. The average molecular weight is 287 g/mol. The van der Waals surface area contributed by atoms with E-state index < -0.39 is 0 Å². The molecule has 1 aromatic heterocycles. The van der Waals surface area contributed by atoms with Crippen LogP contribution in [-0.4, -0.2) is 23.8 Å². The van der Waals surface area contributed by atoms with Gasteiger partial charge in [0.25, 0.3) is 5.89 Å². The third-order valence-corrected chi connectivity index (χ3v) is 3.85. The second kappa shape index (κ2) is 5.85. The van der Waals surface area contributed by atoms with Gasteiger partial charge in [0.15, 0.2) is 0 Å². The van der Waals surface area contributed by atoms with Crippen LogP contribution in [-0.2, 0) is 11.2 Å². The maximum Gasteiger partial charge on any atom is 0.258 e. The van der Waals surface area contributed by atoms with Crippen molar-refractivity contribution < 1.29 is 9.26 Å². The van der Waals surface area contributed by atoms with E-state index in [4.69, 9.17) is 9.26 Å². The van der Waals surface area contributed by atoms with Crippen LogP contribution in [0.25, 0.3) is 11.5 Å². The molecule has 1 N–H and O–H groups in total. The summed E-state index contributed by atoms with van der Waals surface area (Å²) >= 11 is 0. The van der Waals surface area contributed by atoms with Gasteiger partial charge in [0.1, 0.15) is 6.10 Å². The van der Waals surface area contributed by atoms with Gasteiger partial charge in [-0.15, -0.1) is 0 Å². The predicted molar refractivity (Wildman–Crippen MR) is 81.1 cm³/mol. The maximum absolute atomic E-state index is 5.44. The van der Waals surface area contributed by atoms with E-state index in [0.717, 1.165) is 24.9 Å². The highest BCUT2D eigenvalue weighted by Gasteiger charge is 2.22. The molecular formula is C16H21N3O2. The standard InChI is InChI=1S/C16H21N3O2/c1-10(2)14(20-3)15-18-16(21-19-15)12-6-7-13-11(9-12)5-4-8-17-13/h6-7,9-10,14,17H,4-5,8H2,1-3H3. The van der Waals surface area contributed by atoms with Gasteiger partial charge in [-0.3, -0.25) is 0 Å². The van der Waals surface area contributed by atoms with E-state index in [9.17, 15) is 0 Å². The SMILES string of the molecule is COC(c1noc(-c2ccc3c(c2)CCCN3)n1)C(C)C. The van der Waals surface area contributed by atoms with E-state index in [0.29, 0.717) is 17.6 Å². The molecule has 1 atom stereocenters. The lowest BCUT2D eigenvalue weighted by Crippen LogP contribution is -2.11. The second-order valence-corrected chi connectivity index (χ2v) is 5.76. The quantitative estimate of drug-likeness (QED) is 0.933. The fraction of sp³-hybridized carbons (Fsp3) is 0.500. The molecule has 5 heteroatoms. The van der Waals surface area contributed by atoms with E-state index in [1.807, 2.05) is 6.07 Å². The first-order valence-corrected chi connectivity index (χ1v) is 7.42. The molecular weight excluding hydrogens is 266 g/mol. The topological polar surface area (TPSA) is 60.2 Å². The van der Waals surface area contributed by atoms with Crippen molar-refractivity contribution in [3.05, 3.63) is 29.6 Å². The minimum atomic E-state index is -0.137. The average Bonchev–Trinajstić information content (AvgIpc) is 2.96. The number of rotatable bonds is 4. The Labute approximate surface area is 124 Å². The summed E-state index contributed by atoms with van der Waals surface area (Å²) in [5.74, 6) is 1.47. The van der Waals surface area contributed by atoms with Gasteiger partial charge < -0.3 is 14.6 Å². The van der Waals surface area contributed by atoms with Gasteiger partial charge >= 0.3 is 0 Å². The van der Waals surface area contributed by atoms with Crippen molar-refractivity contribution >= 4 is 5.69 Å². The number of hydrogen-bond acceptors (Lipinski definition) is 5. The van der Waals surface area contributed by atoms with Crippen molar-refractivity contribution in [2.75, 3.05) is 19.0 Å². The number of methoxy groups -OCH3 is 1. The molecule has 0 aliphatic carbocycles. The first kappa shape index (κ1) is 14.1. The van der Waals surface area contributed by atoms with Crippen LogP contribution < -0.4 is 5.32 Å². The van der Waals surface area contributed by atoms with Crippen LogP contribution in [0, 0.1) is 5.92 Å². The summed E-state index contributed by atoms with van der Waals surface area (Å²) in [7, 11) is 1.67. The predicted octanol–water partition coefficient (Wildman–Crippen LogP) is 3.44. The van der Waals surface area contributed by atoms with Crippen LogP contribution in [0.4, 0.5) is 5.69 Å². The fourth-order valence-electron chi connectivity index (χ4n) is 2.75. The van der Waals surface area contributed by atoms with Gasteiger partial charge in [-0.25, -0.2) is 0 Å². The minimum absolute atomic E-state index is 0.137. The Morgan fingerprint density at radius 3 is 2.95 bits per heavy atom. The van der Waals surface area contributed by atoms with Gasteiger partial charge in [0, 0.05) is 24.9 Å². The summed E-state index contributed by atoms with van der Waals surface area (Å²) in [6, 6.07) is 6.24. The number of ether oxygens (including phenoxy) is 1. The summed E-state index contributed by atoms with van der Waals surface area (Å²) in [6.07, 6.45) is 2.11. The molecule has 0 spiro atoms. The minimum Gasteiger partial charge on any atom is -0.385 e. The molecule has 0 saturated heterocycles. The van der Waals surface area contributed by atoms with Crippen LogP contribution in [0.15, 0.2) is 22.7 Å². The molecule has 5 nitrogen and oxygen atoms in total. The molecule has 2 aromatic rings. The van der Waals surface area contributed by atoms with E-state index in [1.165, 1.54) is 11.3 Å². The number of aromatic nitrogens is 2. The van der Waals surface area contributed by atoms with Crippen molar-refractivity contribution in [1.82, 2.24) is 10.1 Å². The Bertz CT molecular complexity index is 622. The van der Waals surface area contributed by atoms with Gasteiger partial charge in [-0.1, -0.05) is 19.0 Å². The molecule has 2 heterocycles. The summed E-state index contributed by atoms with van der Waals surface area (Å²) < 4.78 is 10.9. The molecule has 112 valence electrons. The number of aryl methyl sites for hydroxylation is 1. The van der Waals surface area contributed by atoms with Crippen molar-refractivity contribution in [2.45, 2.75) is 32.8 Å². The molecule has 0 saturated carbocycles. The lowest BCUT2D eigenvalue weighted by Gasteiger charge is -2.17. The van der Waals surface area contributed by atoms with Crippen molar-refractivity contribution in [2.24, 2.45) is 5.92 Å². The Balaban J connectivity index is 1.89. The molecule has 0 radical (unpaired) electrons. The van der Waals surface area contributed by atoms with Gasteiger partial charge in [0.05, 0.1) is 0 Å². The van der Waals surface area contributed by atoms with Crippen LogP contribution >= 0.6 is 0 Å². The fourth-order valence-corrected chi connectivity index (χ4v) is 2.75. The number of fused-ring (bicyclic) bond motifs is 1. The number of anilines is 1. The summed E-state index contributed by atoms with van der Waals surface area (Å²) in [5.41, 5.74) is 3.49. The Morgan fingerprint density at radius 2 is 2.19 bits per heavy atom. The summed E-state index contributed by atoms with van der Waals surface area (Å²) in [6.45, 7) is 5.20. The molecule has 0 amide bonds. The second-order valence-electron chi connectivity index (χ2n) is 5.76. The number of hydrogen-bond donors (Lipinski definition) is 1. The van der Waals surface area contributed by atoms with Crippen LogP contribution in [0.3, 0.4) is 0 Å². The maximum atomic E-state index is 5.44. The number of benzene rings is 1. The smallest absolute Gasteiger partial charge is 0.258 e. The van der Waals surface area contributed by atoms with Crippen molar-refractivity contribution in [3.8, 4) is 11.5 Å². The summed E-state index contributed by atoms with van der Waals surface area (Å²) in [5, 5.41) is 7.47. The van der Waals surface area contributed by atoms with E-state index in [1.54, 1.807) is 7.11 Å².